The molecule has 0 N–H and O–H groups in total. The second-order valence-corrected chi connectivity index (χ2v) is 4.77. The highest BCUT2D eigenvalue weighted by Gasteiger charge is 2.07. The molecule has 4 heteroatoms. The standard InChI is InChI=1S/C16H11ClFNO/c17-16-9-15(20-10-11-4-2-1-3-5-11)13-7-6-12(18)8-14(13)19-16/h1-9H,10H2. The quantitative estimate of drug-likeness (QED) is 0.657. The molecule has 1 heterocycles. The van der Waals surface area contributed by atoms with Gasteiger partial charge in [-0.25, -0.2) is 9.37 Å². The number of fused-ring (bicyclic) bond motifs is 1. The number of rotatable bonds is 3. The lowest BCUT2D eigenvalue weighted by Gasteiger charge is -2.10. The molecule has 100 valence electrons. The van der Waals surface area contributed by atoms with Crippen LogP contribution in [0, 0.1) is 5.82 Å². The molecule has 0 amide bonds. The van der Waals surface area contributed by atoms with E-state index in [9.17, 15) is 4.39 Å². The van der Waals surface area contributed by atoms with E-state index in [2.05, 4.69) is 4.98 Å². The maximum atomic E-state index is 13.2. The lowest BCUT2D eigenvalue weighted by atomic mass is 10.2. The van der Waals surface area contributed by atoms with E-state index >= 15 is 0 Å². The minimum Gasteiger partial charge on any atom is -0.488 e. The van der Waals surface area contributed by atoms with Crippen molar-refractivity contribution < 1.29 is 9.13 Å². The average molecular weight is 288 g/mol. The van der Waals surface area contributed by atoms with E-state index in [1.165, 1.54) is 12.1 Å². The summed E-state index contributed by atoms with van der Waals surface area (Å²) < 4.78 is 19.0. The van der Waals surface area contributed by atoms with Crippen molar-refractivity contribution in [2.45, 2.75) is 6.61 Å². The fraction of sp³-hybridized carbons (Fsp3) is 0.0625. The third-order valence-corrected chi connectivity index (χ3v) is 3.13. The summed E-state index contributed by atoms with van der Waals surface area (Å²) in [6.07, 6.45) is 0. The van der Waals surface area contributed by atoms with E-state index in [0.29, 0.717) is 17.9 Å². The Bertz CT molecular complexity index is 741. The summed E-state index contributed by atoms with van der Waals surface area (Å²) in [5, 5.41) is 1.03. The van der Waals surface area contributed by atoms with E-state index in [4.69, 9.17) is 16.3 Å². The Morgan fingerprint density at radius 3 is 2.65 bits per heavy atom. The molecule has 2 aromatic carbocycles. The zero-order valence-electron chi connectivity index (χ0n) is 10.5. The van der Waals surface area contributed by atoms with Crippen LogP contribution in [0.15, 0.2) is 54.6 Å². The van der Waals surface area contributed by atoms with E-state index in [0.717, 1.165) is 10.9 Å². The largest absolute Gasteiger partial charge is 0.488 e. The molecule has 2 nitrogen and oxygen atoms in total. The summed E-state index contributed by atoms with van der Waals surface area (Å²) in [5.41, 5.74) is 1.54. The third kappa shape index (κ3) is 2.73. The van der Waals surface area contributed by atoms with Gasteiger partial charge in [-0.2, -0.15) is 0 Å². The highest BCUT2D eigenvalue weighted by Crippen LogP contribution is 2.28. The molecule has 0 radical (unpaired) electrons. The van der Waals surface area contributed by atoms with Crippen molar-refractivity contribution >= 4 is 22.5 Å². The van der Waals surface area contributed by atoms with Crippen LogP contribution in [-0.2, 0) is 6.61 Å². The molecule has 3 rings (SSSR count). The normalized spacial score (nSPS) is 10.7. The van der Waals surface area contributed by atoms with Crippen molar-refractivity contribution in [1.82, 2.24) is 4.98 Å². The van der Waals surface area contributed by atoms with Gasteiger partial charge in [0.05, 0.1) is 5.52 Å². The van der Waals surface area contributed by atoms with Crippen molar-refractivity contribution in [2.24, 2.45) is 0 Å². The van der Waals surface area contributed by atoms with Gasteiger partial charge >= 0.3 is 0 Å². The molecule has 0 fully saturated rings. The van der Waals surface area contributed by atoms with Crippen molar-refractivity contribution in [3.05, 3.63) is 71.1 Å². The molecular formula is C16H11ClFNO. The van der Waals surface area contributed by atoms with Crippen LogP contribution in [0.1, 0.15) is 5.56 Å². The van der Waals surface area contributed by atoms with E-state index in [1.54, 1.807) is 12.1 Å². The molecule has 20 heavy (non-hydrogen) atoms. The predicted octanol–water partition coefficient (Wildman–Crippen LogP) is 4.61. The Hall–Kier alpha value is -2.13. The number of nitrogens with zero attached hydrogens (tertiary/aromatic N) is 1. The molecule has 0 unspecified atom stereocenters. The topological polar surface area (TPSA) is 22.1 Å². The van der Waals surface area contributed by atoms with Gasteiger partial charge < -0.3 is 4.74 Å². The number of aromatic nitrogens is 1. The second kappa shape index (κ2) is 5.47. The number of ether oxygens (including phenoxy) is 1. The number of hydrogen-bond acceptors (Lipinski definition) is 2. The Labute approximate surface area is 120 Å². The zero-order valence-corrected chi connectivity index (χ0v) is 11.3. The summed E-state index contributed by atoms with van der Waals surface area (Å²) >= 11 is 5.94. The van der Waals surface area contributed by atoms with Crippen molar-refractivity contribution in [3.63, 3.8) is 0 Å². The first-order valence-corrected chi connectivity index (χ1v) is 6.53. The Balaban J connectivity index is 1.94. The monoisotopic (exact) mass is 287 g/mol. The van der Waals surface area contributed by atoms with E-state index in [-0.39, 0.29) is 11.0 Å². The summed E-state index contributed by atoms with van der Waals surface area (Å²) in [6, 6.07) is 15.8. The summed E-state index contributed by atoms with van der Waals surface area (Å²) in [7, 11) is 0. The molecule has 0 saturated carbocycles. The van der Waals surface area contributed by atoms with Crippen LogP contribution in [0.2, 0.25) is 5.15 Å². The maximum absolute atomic E-state index is 13.2. The van der Waals surface area contributed by atoms with Gasteiger partial charge in [0, 0.05) is 17.5 Å². The van der Waals surface area contributed by atoms with E-state index < -0.39 is 0 Å². The summed E-state index contributed by atoms with van der Waals surface area (Å²) in [6.45, 7) is 0.424. The molecule has 0 aliphatic heterocycles. The van der Waals surface area contributed by atoms with Gasteiger partial charge in [-0.1, -0.05) is 41.9 Å². The van der Waals surface area contributed by atoms with Gasteiger partial charge in [-0.3, -0.25) is 0 Å². The predicted molar refractivity (Wildman–Crippen MR) is 77.5 cm³/mol. The van der Waals surface area contributed by atoms with Gasteiger partial charge in [-0.05, 0) is 17.7 Å². The number of hydrogen-bond donors (Lipinski definition) is 0. The van der Waals surface area contributed by atoms with Crippen LogP contribution in [0.25, 0.3) is 10.9 Å². The first kappa shape index (κ1) is 12.9. The van der Waals surface area contributed by atoms with Crippen LogP contribution >= 0.6 is 11.6 Å². The molecule has 0 atom stereocenters. The van der Waals surface area contributed by atoms with Gasteiger partial charge in [-0.15, -0.1) is 0 Å². The van der Waals surface area contributed by atoms with Crippen LogP contribution in [0.4, 0.5) is 4.39 Å². The molecule has 0 aliphatic rings. The first-order valence-electron chi connectivity index (χ1n) is 6.15. The smallest absolute Gasteiger partial charge is 0.133 e. The Kier molecular flexibility index (Phi) is 3.52. The lowest BCUT2D eigenvalue weighted by molar-refractivity contribution is 0.310. The molecule has 1 aromatic heterocycles. The molecule has 0 spiro atoms. The van der Waals surface area contributed by atoms with Crippen LogP contribution in [0.3, 0.4) is 0 Å². The fourth-order valence-corrected chi connectivity index (χ4v) is 2.18. The number of benzene rings is 2. The van der Waals surface area contributed by atoms with E-state index in [1.807, 2.05) is 30.3 Å². The SMILES string of the molecule is Fc1ccc2c(OCc3ccccc3)cc(Cl)nc2c1. The molecular weight excluding hydrogens is 277 g/mol. The van der Waals surface area contributed by atoms with Crippen LogP contribution in [-0.4, -0.2) is 4.98 Å². The molecule has 0 aliphatic carbocycles. The fourth-order valence-electron chi connectivity index (χ4n) is 1.99. The van der Waals surface area contributed by atoms with Gasteiger partial charge in [0.1, 0.15) is 23.3 Å². The van der Waals surface area contributed by atoms with Crippen molar-refractivity contribution in [2.75, 3.05) is 0 Å². The van der Waals surface area contributed by atoms with Gasteiger partial charge in [0.15, 0.2) is 0 Å². The average Bonchev–Trinajstić information content (AvgIpc) is 2.45. The van der Waals surface area contributed by atoms with Gasteiger partial charge in [0.2, 0.25) is 0 Å². The first-order chi connectivity index (χ1) is 9.72. The third-order valence-electron chi connectivity index (χ3n) is 2.94. The number of pyridine rings is 1. The minimum atomic E-state index is -0.346. The highest BCUT2D eigenvalue weighted by molar-refractivity contribution is 6.30. The Morgan fingerprint density at radius 1 is 1.05 bits per heavy atom. The lowest BCUT2D eigenvalue weighted by Crippen LogP contribution is -1.97. The van der Waals surface area contributed by atoms with Crippen molar-refractivity contribution in [1.29, 1.82) is 0 Å². The summed E-state index contributed by atoms with van der Waals surface area (Å²) in [5.74, 6) is 0.255. The maximum Gasteiger partial charge on any atom is 0.133 e. The molecule has 0 saturated heterocycles. The minimum absolute atomic E-state index is 0.283. The summed E-state index contributed by atoms with van der Waals surface area (Å²) in [4.78, 5) is 4.10. The van der Waals surface area contributed by atoms with Gasteiger partial charge in [0.25, 0.3) is 0 Å². The van der Waals surface area contributed by atoms with Crippen LogP contribution in [0.5, 0.6) is 5.75 Å². The molecule has 0 bridgehead atoms. The number of halogens is 2. The Morgan fingerprint density at radius 2 is 1.85 bits per heavy atom. The van der Waals surface area contributed by atoms with Crippen LogP contribution < -0.4 is 4.74 Å². The van der Waals surface area contributed by atoms with Crippen molar-refractivity contribution in [3.8, 4) is 5.75 Å². The zero-order chi connectivity index (χ0) is 13.9. The molecule has 3 aromatic rings. The highest BCUT2D eigenvalue weighted by atomic mass is 35.5. The second-order valence-electron chi connectivity index (χ2n) is 4.38.